The van der Waals surface area contributed by atoms with Crippen LogP contribution in [0.1, 0.15) is 32.6 Å². The summed E-state index contributed by atoms with van der Waals surface area (Å²) in [4.78, 5) is 39.5. The van der Waals surface area contributed by atoms with Crippen molar-refractivity contribution < 1.29 is 23.5 Å². The van der Waals surface area contributed by atoms with Crippen LogP contribution in [-0.4, -0.2) is 41.4 Å². The Bertz CT molecular complexity index is 1220. The van der Waals surface area contributed by atoms with Gasteiger partial charge in [-0.1, -0.05) is 31.0 Å². The number of para-hydroxylation sites is 1. The molecule has 2 fully saturated rings. The van der Waals surface area contributed by atoms with Crippen molar-refractivity contribution in [3.63, 3.8) is 0 Å². The number of furan rings is 1. The molecule has 4 amide bonds. The molecular formula is C23H23N3O5. The summed E-state index contributed by atoms with van der Waals surface area (Å²) in [5, 5.41) is 7.42. The van der Waals surface area contributed by atoms with E-state index in [0.29, 0.717) is 29.9 Å². The summed E-state index contributed by atoms with van der Waals surface area (Å²) < 4.78 is 11.4. The van der Waals surface area contributed by atoms with Gasteiger partial charge in [0.1, 0.15) is 28.5 Å². The zero-order valence-corrected chi connectivity index (χ0v) is 17.4. The molecule has 8 heteroatoms. The lowest BCUT2D eigenvalue weighted by atomic mass is 9.97. The van der Waals surface area contributed by atoms with Gasteiger partial charge in [0.25, 0.3) is 5.91 Å². The zero-order chi connectivity index (χ0) is 21.8. The molecule has 5 rings (SSSR count). The molecule has 1 aromatic heterocycles. The summed E-state index contributed by atoms with van der Waals surface area (Å²) in [5.74, 6) is -0.339. The lowest BCUT2D eigenvalue weighted by Gasteiger charge is -2.23. The number of nitrogens with zero attached hydrogens (tertiary/aromatic N) is 1. The average molecular weight is 421 g/mol. The van der Waals surface area contributed by atoms with Crippen molar-refractivity contribution in [3.8, 4) is 5.75 Å². The van der Waals surface area contributed by atoms with Crippen molar-refractivity contribution in [2.75, 3.05) is 12.4 Å². The van der Waals surface area contributed by atoms with E-state index in [1.54, 1.807) is 13.0 Å². The summed E-state index contributed by atoms with van der Waals surface area (Å²) in [7, 11) is 1.52. The first-order chi connectivity index (χ1) is 14.9. The minimum atomic E-state index is -0.969. The Morgan fingerprint density at radius 3 is 2.65 bits per heavy atom. The van der Waals surface area contributed by atoms with Crippen LogP contribution in [0.5, 0.6) is 5.75 Å². The molecule has 1 saturated carbocycles. The van der Waals surface area contributed by atoms with Crippen LogP contribution in [0.4, 0.5) is 10.5 Å². The summed E-state index contributed by atoms with van der Waals surface area (Å²) >= 11 is 0. The molecule has 1 saturated heterocycles. The number of carbonyl (C=O) groups excluding carboxylic acids is 3. The number of fused-ring (bicyclic) bond motifs is 3. The number of anilines is 1. The van der Waals surface area contributed by atoms with E-state index < -0.39 is 23.5 Å². The SMILES string of the molecule is COc1cc2c(cc1NC(=O)C(C)N1C(=O)NC3(CCCC3)C1=O)oc1ccccc12. The first-order valence-corrected chi connectivity index (χ1v) is 10.4. The third-order valence-electron chi connectivity index (χ3n) is 6.37. The number of methoxy groups -OCH3 is 1. The van der Waals surface area contributed by atoms with Gasteiger partial charge in [-0.2, -0.15) is 0 Å². The molecule has 1 aliphatic heterocycles. The van der Waals surface area contributed by atoms with Gasteiger partial charge in [-0.25, -0.2) is 9.69 Å². The number of hydrogen-bond donors (Lipinski definition) is 2. The number of imide groups is 1. The highest BCUT2D eigenvalue weighted by Crippen LogP contribution is 2.38. The summed E-state index contributed by atoms with van der Waals surface area (Å²) in [6.07, 6.45) is 2.99. The number of rotatable bonds is 4. The van der Waals surface area contributed by atoms with E-state index in [0.717, 1.165) is 34.1 Å². The Hall–Kier alpha value is -3.55. The van der Waals surface area contributed by atoms with Crippen LogP contribution in [-0.2, 0) is 9.59 Å². The summed E-state index contributed by atoms with van der Waals surface area (Å²) in [6, 6.07) is 9.66. The second-order valence-corrected chi connectivity index (χ2v) is 8.21. The Morgan fingerprint density at radius 1 is 1.16 bits per heavy atom. The number of hydrogen-bond acceptors (Lipinski definition) is 5. The molecule has 0 bridgehead atoms. The fraction of sp³-hybridized carbons (Fsp3) is 0.348. The molecule has 2 N–H and O–H groups in total. The molecule has 2 heterocycles. The zero-order valence-electron chi connectivity index (χ0n) is 17.4. The predicted molar refractivity (Wildman–Crippen MR) is 115 cm³/mol. The Labute approximate surface area is 178 Å². The van der Waals surface area contributed by atoms with Crippen molar-refractivity contribution >= 4 is 45.5 Å². The van der Waals surface area contributed by atoms with Gasteiger partial charge in [0.2, 0.25) is 5.91 Å². The van der Waals surface area contributed by atoms with E-state index in [4.69, 9.17) is 9.15 Å². The fourth-order valence-electron chi connectivity index (χ4n) is 4.68. The quantitative estimate of drug-likeness (QED) is 0.625. The Morgan fingerprint density at radius 2 is 1.90 bits per heavy atom. The van der Waals surface area contributed by atoms with Crippen LogP contribution < -0.4 is 15.4 Å². The Kier molecular flexibility index (Phi) is 4.39. The van der Waals surface area contributed by atoms with Crippen molar-refractivity contribution in [2.45, 2.75) is 44.2 Å². The maximum absolute atomic E-state index is 13.0. The van der Waals surface area contributed by atoms with Crippen LogP contribution >= 0.6 is 0 Å². The van der Waals surface area contributed by atoms with E-state index in [1.165, 1.54) is 7.11 Å². The number of nitrogens with one attached hydrogen (secondary N) is 2. The lowest BCUT2D eigenvalue weighted by molar-refractivity contribution is -0.136. The van der Waals surface area contributed by atoms with Crippen LogP contribution in [0.3, 0.4) is 0 Å². The number of urea groups is 1. The van der Waals surface area contributed by atoms with E-state index in [1.807, 2.05) is 30.3 Å². The first kappa shape index (κ1) is 19.4. The number of carbonyl (C=O) groups is 3. The number of benzene rings is 2. The normalized spacial score (nSPS) is 18.7. The summed E-state index contributed by atoms with van der Waals surface area (Å²) in [5.41, 5.74) is 0.896. The van der Waals surface area contributed by atoms with E-state index in [-0.39, 0.29) is 5.91 Å². The molecule has 8 nitrogen and oxygen atoms in total. The highest BCUT2D eigenvalue weighted by molar-refractivity contribution is 6.12. The van der Waals surface area contributed by atoms with Crippen LogP contribution in [0.15, 0.2) is 40.8 Å². The van der Waals surface area contributed by atoms with E-state index in [2.05, 4.69) is 10.6 Å². The van der Waals surface area contributed by atoms with Crippen molar-refractivity contribution in [1.82, 2.24) is 10.2 Å². The van der Waals surface area contributed by atoms with Gasteiger partial charge in [-0.15, -0.1) is 0 Å². The monoisotopic (exact) mass is 421 g/mol. The first-order valence-electron chi connectivity index (χ1n) is 10.4. The van der Waals surface area contributed by atoms with Gasteiger partial charge in [0, 0.05) is 16.8 Å². The van der Waals surface area contributed by atoms with E-state index in [9.17, 15) is 14.4 Å². The van der Waals surface area contributed by atoms with Crippen molar-refractivity contribution in [3.05, 3.63) is 36.4 Å². The molecule has 31 heavy (non-hydrogen) atoms. The minimum Gasteiger partial charge on any atom is -0.495 e. The number of ether oxygens (including phenoxy) is 1. The maximum atomic E-state index is 13.0. The fourth-order valence-corrected chi connectivity index (χ4v) is 4.68. The molecule has 1 spiro atoms. The molecule has 160 valence electrons. The third kappa shape index (κ3) is 2.93. The molecule has 1 atom stereocenters. The van der Waals surface area contributed by atoms with Crippen molar-refractivity contribution in [2.24, 2.45) is 0 Å². The average Bonchev–Trinajstić information content (AvgIpc) is 3.43. The molecule has 0 radical (unpaired) electrons. The summed E-state index contributed by atoms with van der Waals surface area (Å²) in [6.45, 7) is 1.55. The van der Waals surface area contributed by atoms with Gasteiger partial charge >= 0.3 is 6.03 Å². The van der Waals surface area contributed by atoms with Crippen LogP contribution in [0.25, 0.3) is 21.9 Å². The highest BCUT2D eigenvalue weighted by atomic mass is 16.5. The second kappa shape index (κ2) is 7.01. The van der Waals surface area contributed by atoms with Gasteiger partial charge in [-0.05, 0) is 31.9 Å². The lowest BCUT2D eigenvalue weighted by Crippen LogP contribution is -2.48. The Balaban J connectivity index is 1.43. The molecule has 3 aromatic rings. The van der Waals surface area contributed by atoms with Crippen molar-refractivity contribution in [1.29, 1.82) is 0 Å². The molecule has 2 aliphatic rings. The number of amides is 4. The highest BCUT2D eigenvalue weighted by Gasteiger charge is 2.54. The molecule has 1 aliphatic carbocycles. The van der Waals surface area contributed by atoms with Gasteiger partial charge in [0.15, 0.2) is 0 Å². The second-order valence-electron chi connectivity index (χ2n) is 8.21. The van der Waals surface area contributed by atoms with E-state index >= 15 is 0 Å². The topological polar surface area (TPSA) is 101 Å². The van der Waals surface area contributed by atoms with Crippen LogP contribution in [0, 0.1) is 0 Å². The minimum absolute atomic E-state index is 0.322. The smallest absolute Gasteiger partial charge is 0.325 e. The predicted octanol–water partition coefficient (Wildman–Crippen LogP) is 3.79. The van der Waals surface area contributed by atoms with Crippen LogP contribution in [0.2, 0.25) is 0 Å². The van der Waals surface area contributed by atoms with Gasteiger partial charge in [0.05, 0.1) is 12.8 Å². The molecular weight excluding hydrogens is 398 g/mol. The standard InChI is InChI=1S/C23H23N3O5/c1-13(26-21(28)23(25-22(26)29)9-5-6-10-23)20(27)24-16-12-18-15(11-19(16)30-2)14-7-3-4-8-17(14)31-18/h3-4,7-8,11-13H,5-6,9-10H2,1-2H3,(H,24,27)(H,25,29). The maximum Gasteiger partial charge on any atom is 0.325 e. The molecule has 1 unspecified atom stereocenters. The van der Waals surface area contributed by atoms with Gasteiger partial charge < -0.3 is 19.8 Å². The largest absolute Gasteiger partial charge is 0.495 e. The molecule has 2 aromatic carbocycles. The third-order valence-corrected chi connectivity index (χ3v) is 6.37. The van der Waals surface area contributed by atoms with Gasteiger partial charge in [-0.3, -0.25) is 9.59 Å².